The summed E-state index contributed by atoms with van der Waals surface area (Å²) in [5.41, 5.74) is 2.37. The number of pyridine rings is 1. The fourth-order valence-corrected chi connectivity index (χ4v) is 1.90. The van der Waals surface area contributed by atoms with Crippen molar-refractivity contribution >= 4 is 15.9 Å². The Balaban J connectivity index is 2.30. The molecule has 0 aliphatic carbocycles. The first-order chi connectivity index (χ1) is 7.65. The van der Waals surface area contributed by atoms with Crippen molar-refractivity contribution in [1.82, 2.24) is 4.57 Å². The van der Waals surface area contributed by atoms with Gasteiger partial charge in [-0.15, -0.1) is 0 Å². The number of hydrogen-bond acceptors (Lipinski definition) is 1. The van der Waals surface area contributed by atoms with E-state index in [2.05, 4.69) is 35.0 Å². The highest BCUT2D eigenvalue weighted by Gasteiger charge is 1.98. The minimum atomic E-state index is 0.0174. The van der Waals surface area contributed by atoms with Crippen LogP contribution in [0.25, 0.3) is 0 Å². The van der Waals surface area contributed by atoms with E-state index in [4.69, 9.17) is 0 Å². The van der Waals surface area contributed by atoms with E-state index in [1.165, 1.54) is 5.56 Å². The van der Waals surface area contributed by atoms with Gasteiger partial charge in [-0.1, -0.05) is 29.8 Å². The van der Waals surface area contributed by atoms with Crippen molar-refractivity contribution in [2.24, 2.45) is 0 Å². The van der Waals surface area contributed by atoms with Gasteiger partial charge in [-0.2, -0.15) is 0 Å². The minimum absolute atomic E-state index is 0.0174. The molecule has 0 fully saturated rings. The van der Waals surface area contributed by atoms with E-state index >= 15 is 0 Å². The molecule has 0 saturated heterocycles. The van der Waals surface area contributed by atoms with Crippen LogP contribution < -0.4 is 5.56 Å². The van der Waals surface area contributed by atoms with Crippen LogP contribution in [0.3, 0.4) is 0 Å². The van der Waals surface area contributed by atoms with E-state index in [0.29, 0.717) is 6.54 Å². The Morgan fingerprint density at radius 2 is 1.81 bits per heavy atom. The molecule has 2 rings (SSSR count). The second-order valence-electron chi connectivity index (χ2n) is 3.80. The smallest absolute Gasteiger partial charge is 0.250 e. The average molecular weight is 278 g/mol. The number of aryl methyl sites for hydroxylation is 1. The number of halogens is 1. The molecule has 3 heteroatoms. The summed E-state index contributed by atoms with van der Waals surface area (Å²) in [6.45, 7) is 2.66. The molecule has 0 aliphatic heterocycles. The number of hydrogen-bond donors (Lipinski definition) is 0. The normalized spacial score (nSPS) is 10.4. The Labute approximate surface area is 103 Å². The van der Waals surface area contributed by atoms with Crippen LogP contribution in [0.2, 0.25) is 0 Å². The first-order valence-electron chi connectivity index (χ1n) is 5.07. The molecule has 0 radical (unpaired) electrons. The fourth-order valence-electron chi connectivity index (χ4n) is 1.52. The maximum absolute atomic E-state index is 11.6. The van der Waals surface area contributed by atoms with Crippen LogP contribution in [-0.2, 0) is 6.54 Å². The molecule has 82 valence electrons. The minimum Gasteiger partial charge on any atom is -0.310 e. The molecule has 1 heterocycles. The molecule has 2 nitrogen and oxygen atoms in total. The van der Waals surface area contributed by atoms with Crippen molar-refractivity contribution in [3.8, 4) is 0 Å². The van der Waals surface area contributed by atoms with Gasteiger partial charge in [0.1, 0.15) is 0 Å². The molecule has 0 atom stereocenters. The third-order valence-corrected chi connectivity index (χ3v) is 2.89. The number of aromatic nitrogens is 1. The van der Waals surface area contributed by atoms with Crippen LogP contribution in [0.5, 0.6) is 0 Å². The van der Waals surface area contributed by atoms with Crippen molar-refractivity contribution in [2.45, 2.75) is 13.5 Å². The predicted molar refractivity (Wildman–Crippen MR) is 68.7 cm³/mol. The Hall–Kier alpha value is -1.35. The average Bonchev–Trinajstić information content (AvgIpc) is 2.27. The summed E-state index contributed by atoms with van der Waals surface area (Å²) in [5.74, 6) is 0. The lowest BCUT2D eigenvalue weighted by molar-refractivity contribution is 0.756. The highest BCUT2D eigenvalue weighted by molar-refractivity contribution is 9.10. The zero-order valence-electron chi connectivity index (χ0n) is 8.98. The van der Waals surface area contributed by atoms with Gasteiger partial charge in [0.2, 0.25) is 0 Å². The Bertz CT molecular complexity index is 543. The Morgan fingerprint density at radius 3 is 2.50 bits per heavy atom. The molecule has 1 aromatic carbocycles. The van der Waals surface area contributed by atoms with Crippen molar-refractivity contribution in [3.05, 3.63) is 68.5 Å². The summed E-state index contributed by atoms with van der Waals surface area (Å²) in [6, 6.07) is 11.5. The van der Waals surface area contributed by atoms with Crippen LogP contribution >= 0.6 is 15.9 Å². The molecule has 0 aliphatic rings. The monoisotopic (exact) mass is 277 g/mol. The van der Waals surface area contributed by atoms with E-state index < -0.39 is 0 Å². The molecule has 16 heavy (non-hydrogen) atoms. The Morgan fingerprint density at radius 1 is 1.12 bits per heavy atom. The van der Waals surface area contributed by atoms with Gasteiger partial charge in [0.25, 0.3) is 5.56 Å². The zero-order valence-corrected chi connectivity index (χ0v) is 10.6. The van der Waals surface area contributed by atoms with Crippen molar-refractivity contribution in [3.63, 3.8) is 0 Å². The molecule has 2 aromatic rings. The lowest BCUT2D eigenvalue weighted by atomic mass is 10.1. The third-order valence-electron chi connectivity index (χ3n) is 2.42. The van der Waals surface area contributed by atoms with E-state index in [1.54, 1.807) is 16.7 Å². The van der Waals surface area contributed by atoms with Crippen molar-refractivity contribution in [2.75, 3.05) is 0 Å². The Kier molecular flexibility index (Phi) is 3.25. The summed E-state index contributed by atoms with van der Waals surface area (Å²) in [7, 11) is 0. The topological polar surface area (TPSA) is 22.0 Å². The van der Waals surface area contributed by atoms with E-state index in [0.717, 1.165) is 10.0 Å². The number of benzene rings is 1. The molecular formula is C13H12BrNO. The molecule has 1 aromatic heterocycles. The molecule has 0 N–H and O–H groups in total. The predicted octanol–water partition coefficient (Wildman–Crippen LogP) is 2.97. The van der Waals surface area contributed by atoms with Crippen LogP contribution in [0.1, 0.15) is 11.1 Å². The van der Waals surface area contributed by atoms with Gasteiger partial charge in [0.05, 0.1) is 6.54 Å². The highest BCUT2D eigenvalue weighted by Crippen LogP contribution is 2.08. The van der Waals surface area contributed by atoms with E-state index in [-0.39, 0.29) is 5.56 Å². The lowest BCUT2D eigenvalue weighted by Crippen LogP contribution is -2.18. The van der Waals surface area contributed by atoms with Gasteiger partial charge < -0.3 is 4.57 Å². The standard InChI is InChI=1S/C13H12BrNO/c1-10-2-4-11(5-3-10)8-15-9-12(14)6-7-13(15)16/h2-7,9H,8H2,1H3. The largest absolute Gasteiger partial charge is 0.310 e. The van der Waals surface area contributed by atoms with Crippen LogP contribution in [0.15, 0.2) is 51.9 Å². The van der Waals surface area contributed by atoms with Crippen molar-refractivity contribution in [1.29, 1.82) is 0 Å². The van der Waals surface area contributed by atoms with E-state index in [1.807, 2.05) is 18.3 Å². The van der Waals surface area contributed by atoms with Gasteiger partial charge in [0, 0.05) is 16.7 Å². The van der Waals surface area contributed by atoms with Crippen LogP contribution in [0, 0.1) is 6.92 Å². The molecule has 0 spiro atoms. The second-order valence-corrected chi connectivity index (χ2v) is 4.71. The summed E-state index contributed by atoms with van der Waals surface area (Å²) in [6.07, 6.45) is 1.81. The second kappa shape index (κ2) is 4.66. The van der Waals surface area contributed by atoms with Gasteiger partial charge in [-0.3, -0.25) is 4.79 Å². The van der Waals surface area contributed by atoms with E-state index in [9.17, 15) is 4.79 Å². The molecule has 0 amide bonds. The van der Waals surface area contributed by atoms with Crippen LogP contribution in [0.4, 0.5) is 0 Å². The van der Waals surface area contributed by atoms with Gasteiger partial charge >= 0.3 is 0 Å². The fraction of sp³-hybridized carbons (Fsp3) is 0.154. The first kappa shape index (κ1) is 11.1. The first-order valence-corrected chi connectivity index (χ1v) is 5.86. The summed E-state index contributed by atoms with van der Waals surface area (Å²) in [4.78, 5) is 11.6. The SMILES string of the molecule is Cc1ccc(Cn2cc(Br)ccc2=O)cc1. The molecule has 0 unspecified atom stereocenters. The highest BCUT2D eigenvalue weighted by atomic mass is 79.9. The van der Waals surface area contributed by atoms with Gasteiger partial charge in [0.15, 0.2) is 0 Å². The van der Waals surface area contributed by atoms with Gasteiger partial charge in [-0.05, 0) is 34.5 Å². The number of nitrogens with zero attached hydrogens (tertiary/aromatic N) is 1. The lowest BCUT2D eigenvalue weighted by Gasteiger charge is -2.06. The maximum atomic E-state index is 11.6. The van der Waals surface area contributed by atoms with Crippen LogP contribution in [-0.4, -0.2) is 4.57 Å². The maximum Gasteiger partial charge on any atom is 0.250 e. The molecule has 0 saturated carbocycles. The van der Waals surface area contributed by atoms with Gasteiger partial charge in [-0.25, -0.2) is 0 Å². The quantitative estimate of drug-likeness (QED) is 0.827. The third kappa shape index (κ3) is 2.61. The summed E-state index contributed by atoms with van der Waals surface area (Å²) >= 11 is 3.36. The number of rotatable bonds is 2. The zero-order chi connectivity index (χ0) is 11.5. The molecular weight excluding hydrogens is 266 g/mol. The van der Waals surface area contributed by atoms with Crippen molar-refractivity contribution < 1.29 is 0 Å². The summed E-state index contributed by atoms with van der Waals surface area (Å²) in [5, 5.41) is 0. The molecule has 0 bridgehead atoms. The summed E-state index contributed by atoms with van der Waals surface area (Å²) < 4.78 is 2.61.